The van der Waals surface area contributed by atoms with Gasteiger partial charge in [-0.2, -0.15) is 0 Å². The fraction of sp³-hybridized carbons (Fsp3) is 0.643. The van der Waals surface area contributed by atoms with Crippen molar-refractivity contribution in [1.82, 2.24) is 20.1 Å². The fourth-order valence-electron chi connectivity index (χ4n) is 4.93. The Kier molecular flexibility index (Phi) is 8.57. The van der Waals surface area contributed by atoms with Gasteiger partial charge in [-0.3, -0.25) is 4.79 Å². The van der Waals surface area contributed by atoms with E-state index in [0.29, 0.717) is 38.7 Å². The minimum absolute atomic E-state index is 0.0850. The van der Waals surface area contributed by atoms with E-state index in [-0.39, 0.29) is 23.3 Å². The van der Waals surface area contributed by atoms with Crippen LogP contribution >= 0.6 is 0 Å². The molecule has 2 amide bonds. The first-order chi connectivity index (χ1) is 17.2. The number of hydrogen-bond donors (Lipinski definition) is 2. The number of methoxy groups -OCH3 is 1. The number of fused-ring (bicyclic) bond motifs is 1. The number of ether oxygens (including phenoxy) is 2. The highest BCUT2D eigenvalue weighted by Gasteiger charge is 2.38. The molecule has 2 atom stereocenters. The largest absolute Gasteiger partial charge is 0.449 e. The van der Waals surface area contributed by atoms with E-state index in [4.69, 9.17) is 9.47 Å². The molecule has 0 bridgehead atoms. The molecule has 8 nitrogen and oxygen atoms in total. The van der Waals surface area contributed by atoms with Crippen molar-refractivity contribution in [2.75, 3.05) is 33.4 Å². The third kappa shape index (κ3) is 7.01. The highest BCUT2D eigenvalue weighted by atomic mass is 16.5. The summed E-state index contributed by atoms with van der Waals surface area (Å²) in [6.07, 6.45) is 5.47. The standard InChI is InChI=1S/C28H42N4O4/c1-28(2,3)19-36-27(34)30-22-14-20(15-29-16-22)26(33)32(23-10-11-23)18-21-17-31(12-7-13-35-4)25-9-6-5-8-24(21)25/h5-6,8-9,17,20,22-23,29H,7,10-16,18-19H2,1-4H3,(H,30,34)/t20-,22+/m0/s1. The van der Waals surface area contributed by atoms with Crippen LogP contribution in [-0.4, -0.2) is 67.0 Å². The van der Waals surface area contributed by atoms with Gasteiger partial charge >= 0.3 is 6.09 Å². The molecule has 2 heterocycles. The van der Waals surface area contributed by atoms with Gasteiger partial charge < -0.3 is 29.6 Å². The normalized spacial score (nSPS) is 20.3. The molecule has 2 N–H and O–H groups in total. The summed E-state index contributed by atoms with van der Waals surface area (Å²) in [4.78, 5) is 28.1. The van der Waals surface area contributed by atoms with Crippen molar-refractivity contribution in [3.05, 3.63) is 36.0 Å². The maximum atomic E-state index is 13.7. The maximum absolute atomic E-state index is 13.7. The summed E-state index contributed by atoms with van der Waals surface area (Å²) in [7, 11) is 1.73. The highest BCUT2D eigenvalue weighted by Crippen LogP contribution is 2.33. The van der Waals surface area contributed by atoms with E-state index in [9.17, 15) is 9.59 Å². The second kappa shape index (κ2) is 11.6. The quantitative estimate of drug-likeness (QED) is 0.485. The van der Waals surface area contributed by atoms with Crippen molar-refractivity contribution in [2.24, 2.45) is 11.3 Å². The molecule has 1 aliphatic heterocycles. The number of nitrogens with zero attached hydrogens (tertiary/aromatic N) is 2. The Labute approximate surface area is 214 Å². The zero-order valence-electron chi connectivity index (χ0n) is 22.2. The number of piperidine rings is 1. The molecule has 1 aliphatic carbocycles. The van der Waals surface area contributed by atoms with Gasteiger partial charge in [-0.05, 0) is 42.7 Å². The molecular formula is C28H42N4O4. The lowest BCUT2D eigenvalue weighted by Crippen LogP contribution is -2.53. The minimum atomic E-state index is -0.412. The minimum Gasteiger partial charge on any atom is -0.449 e. The average Bonchev–Trinajstić information content (AvgIpc) is 3.63. The van der Waals surface area contributed by atoms with Gasteiger partial charge in [0, 0.05) is 69.1 Å². The van der Waals surface area contributed by atoms with Crippen molar-refractivity contribution in [1.29, 1.82) is 0 Å². The van der Waals surface area contributed by atoms with E-state index in [1.165, 1.54) is 16.5 Å². The predicted molar refractivity (Wildman–Crippen MR) is 141 cm³/mol. The van der Waals surface area contributed by atoms with Crippen LogP contribution in [0.4, 0.5) is 4.79 Å². The molecular weight excluding hydrogens is 456 g/mol. The van der Waals surface area contributed by atoms with Gasteiger partial charge in [0.15, 0.2) is 0 Å². The number of carbonyl (C=O) groups is 2. The third-order valence-corrected chi connectivity index (χ3v) is 6.89. The van der Waals surface area contributed by atoms with E-state index in [1.807, 2.05) is 20.8 Å². The topological polar surface area (TPSA) is 84.8 Å². The fourth-order valence-corrected chi connectivity index (χ4v) is 4.93. The Hall–Kier alpha value is -2.58. The number of hydrogen-bond acceptors (Lipinski definition) is 5. The molecule has 2 aliphatic rings. The zero-order chi connectivity index (χ0) is 25.7. The van der Waals surface area contributed by atoms with Crippen molar-refractivity contribution >= 4 is 22.9 Å². The van der Waals surface area contributed by atoms with Crippen molar-refractivity contribution in [2.45, 2.75) is 71.6 Å². The first kappa shape index (κ1) is 26.5. The van der Waals surface area contributed by atoms with E-state index >= 15 is 0 Å². The van der Waals surface area contributed by atoms with Crippen LogP contribution in [0.1, 0.15) is 52.0 Å². The Morgan fingerprint density at radius 3 is 2.69 bits per heavy atom. The number of nitrogens with one attached hydrogen (secondary N) is 2. The van der Waals surface area contributed by atoms with Crippen LogP contribution in [-0.2, 0) is 27.4 Å². The van der Waals surface area contributed by atoms with E-state index in [0.717, 1.165) is 32.4 Å². The van der Waals surface area contributed by atoms with Gasteiger partial charge in [-0.15, -0.1) is 0 Å². The highest BCUT2D eigenvalue weighted by molar-refractivity contribution is 5.85. The Balaban J connectivity index is 1.42. The Morgan fingerprint density at radius 1 is 1.19 bits per heavy atom. The second-order valence-electron chi connectivity index (χ2n) is 11.5. The van der Waals surface area contributed by atoms with Crippen LogP contribution in [0.2, 0.25) is 0 Å². The van der Waals surface area contributed by atoms with Gasteiger partial charge in [-0.25, -0.2) is 4.79 Å². The molecule has 8 heteroatoms. The molecule has 1 saturated carbocycles. The monoisotopic (exact) mass is 498 g/mol. The molecule has 1 aromatic heterocycles. The van der Waals surface area contributed by atoms with Gasteiger partial charge in [0.05, 0.1) is 12.5 Å². The average molecular weight is 499 g/mol. The summed E-state index contributed by atoms with van der Waals surface area (Å²) in [5, 5.41) is 7.51. The van der Waals surface area contributed by atoms with E-state index < -0.39 is 6.09 Å². The molecule has 2 fully saturated rings. The number of rotatable bonds is 10. The molecule has 0 spiro atoms. The van der Waals surface area contributed by atoms with Gasteiger partial charge in [0.1, 0.15) is 0 Å². The predicted octanol–water partition coefficient (Wildman–Crippen LogP) is 3.92. The number of aryl methyl sites for hydroxylation is 1. The number of para-hydroxylation sites is 1. The Morgan fingerprint density at radius 2 is 1.97 bits per heavy atom. The smallest absolute Gasteiger partial charge is 0.407 e. The lowest BCUT2D eigenvalue weighted by molar-refractivity contribution is -0.137. The van der Waals surface area contributed by atoms with Crippen LogP contribution in [0.3, 0.4) is 0 Å². The lowest BCUT2D eigenvalue weighted by atomic mass is 9.94. The third-order valence-electron chi connectivity index (χ3n) is 6.89. The van der Waals surface area contributed by atoms with Gasteiger partial charge in [-0.1, -0.05) is 39.0 Å². The number of amides is 2. The van der Waals surface area contributed by atoms with Crippen LogP contribution in [0.25, 0.3) is 10.9 Å². The van der Waals surface area contributed by atoms with Gasteiger partial charge in [0.25, 0.3) is 0 Å². The van der Waals surface area contributed by atoms with Crippen LogP contribution in [0.5, 0.6) is 0 Å². The summed E-state index contributed by atoms with van der Waals surface area (Å²) in [5.74, 6) is 0.0121. The molecule has 1 saturated heterocycles. The molecule has 1 aromatic carbocycles. The summed E-state index contributed by atoms with van der Waals surface area (Å²) < 4.78 is 12.9. The van der Waals surface area contributed by atoms with E-state index in [1.54, 1.807) is 7.11 Å². The van der Waals surface area contributed by atoms with Crippen molar-refractivity contribution in [3.63, 3.8) is 0 Å². The first-order valence-electron chi connectivity index (χ1n) is 13.3. The number of benzene rings is 1. The second-order valence-corrected chi connectivity index (χ2v) is 11.5. The maximum Gasteiger partial charge on any atom is 0.407 e. The van der Waals surface area contributed by atoms with Gasteiger partial charge in [0.2, 0.25) is 5.91 Å². The zero-order valence-corrected chi connectivity index (χ0v) is 22.2. The molecule has 4 rings (SSSR count). The molecule has 0 radical (unpaired) electrons. The lowest BCUT2D eigenvalue weighted by Gasteiger charge is -2.33. The summed E-state index contributed by atoms with van der Waals surface area (Å²) >= 11 is 0. The first-order valence-corrected chi connectivity index (χ1v) is 13.3. The molecule has 198 valence electrons. The molecule has 2 aromatic rings. The summed E-state index contributed by atoms with van der Waals surface area (Å²) in [6.45, 7) is 9.95. The van der Waals surface area contributed by atoms with Crippen molar-refractivity contribution in [3.8, 4) is 0 Å². The Bertz CT molecular complexity index is 1040. The van der Waals surface area contributed by atoms with Crippen LogP contribution in [0.15, 0.2) is 30.5 Å². The summed E-state index contributed by atoms with van der Waals surface area (Å²) in [6, 6.07) is 8.61. The molecule has 0 unspecified atom stereocenters. The number of carbonyl (C=O) groups excluding carboxylic acids is 2. The van der Waals surface area contributed by atoms with Crippen LogP contribution < -0.4 is 10.6 Å². The molecule has 36 heavy (non-hydrogen) atoms. The van der Waals surface area contributed by atoms with Crippen LogP contribution in [0, 0.1) is 11.3 Å². The SMILES string of the molecule is COCCCn1cc(CN(C(=O)[C@@H]2CNC[C@H](NC(=O)OCC(C)(C)C)C2)C2CC2)c2ccccc21. The number of aromatic nitrogens is 1. The van der Waals surface area contributed by atoms with E-state index in [2.05, 4.69) is 50.6 Å². The summed E-state index contributed by atoms with van der Waals surface area (Å²) in [5.41, 5.74) is 2.30. The van der Waals surface area contributed by atoms with Crippen molar-refractivity contribution < 1.29 is 19.1 Å². The number of alkyl carbamates (subject to hydrolysis) is 1.